The fourth-order valence-corrected chi connectivity index (χ4v) is 8.13. The van der Waals surface area contributed by atoms with Crippen LogP contribution in [0.5, 0.6) is 0 Å². The molecule has 0 bridgehead atoms. The zero-order valence-electron chi connectivity index (χ0n) is 30.8. The number of para-hydroxylation sites is 3. The first-order valence-electron chi connectivity index (χ1n) is 19.1. The molecule has 5 nitrogen and oxygen atoms in total. The van der Waals surface area contributed by atoms with Crippen molar-refractivity contribution in [2.75, 3.05) is 0 Å². The molecule has 0 saturated carbocycles. The number of pyridine rings is 1. The topological polar surface area (TPSA) is 56.5 Å². The summed E-state index contributed by atoms with van der Waals surface area (Å²) in [5, 5.41) is 5.82. The predicted octanol–water partition coefficient (Wildman–Crippen LogP) is 13.0. The van der Waals surface area contributed by atoms with Gasteiger partial charge in [0.25, 0.3) is 0 Å². The van der Waals surface area contributed by atoms with Gasteiger partial charge in [-0.1, -0.05) is 170 Å². The van der Waals surface area contributed by atoms with Gasteiger partial charge in [-0.25, -0.2) is 19.9 Å². The van der Waals surface area contributed by atoms with Crippen molar-refractivity contribution in [1.82, 2.24) is 24.5 Å². The lowest BCUT2D eigenvalue weighted by Crippen LogP contribution is -2.00. The lowest BCUT2D eigenvalue weighted by Gasteiger charge is -2.15. The van der Waals surface area contributed by atoms with Crippen LogP contribution in [0, 0.1) is 0 Å². The molecule has 0 saturated heterocycles. The van der Waals surface area contributed by atoms with Crippen LogP contribution in [0.1, 0.15) is 0 Å². The Morgan fingerprint density at radius 2 is 0.807 bits per heavy atom. The highest BCUT2D eigenvalue weighted by Gasteiger charge is 2.19. The van der Waals surface area contributed by atoms with E-state index in [4.69, 9.17) is 19.9 Å². The molecule has 0 atom stereocenters. The lowest BCUT2D eigenvalue weighted by atomic mass is 9.94. The van der Waals surface area contributed by atoms with E-state index < -0.39 is 0 Å². The van der Waals surface area contributed by atoms with Gasteiger partial charge in [-0.3, -0.25) is 0 Å². The Hall–Kier alpha value is -7.76. The maximum Gasteiger partial charge on any atom is 0.164 e. The average molecular weight is 728 g/mol. The molecule has 0 N–H and O–H groups in total. The van der Waals surface area contributed by atoms with Gasteiger partial charge in [-0.15, -0.1) is 0 Å². The van der Waals surface area contributed by atoms with Crippen molar-refractivity contribution in [2.45, 2.75) is 0 Å². The third-order valence-electron chi connectivity index (χ3n) is 10.8. The fourth-order valence-electron chi connectivity index (χ4n) is 8.13. The summed E-state index contributed by atoms with van der Waals surface area (Å²) >= 11 is 0. The van der Waals surface area contributed by atoms with E-state index in [0.717, 1.165) is 66.4 Å². The molecule has 5 heteroatoms. The minimum atomic E-state index is 0.625. The summed E-state index contributed by atoms with van der Waals surface area (Å²) in [7, 11) is 0. The van der Waals surface area contributed by atoms with Gasteiger partial charge in [-0.05, 0) is 41.3 Å². The van der Waals surface area contributed by atoms with Crippen molar-refractivity contribution in [3.05, 3.63) is 200 Å². The predicted molar refractivity (Wildman–Crippen MR) is 234 cm³/mol. The van der Waals surface area contributed by atoms with Crippen molar-refractivity contribution in [2.24, 2.45) is 0 Å². The molecular weight excluding hydrogens is 695 g/mol. The van der Waals surface area contributed by atoms with E-state index in [0.29, 0.717) is 17.5 Å². The molecule has 57 heavy (non-hydrogen) atoms. The molecule has 0 spiro atoms. The number of nitrogens with zero attached hydrogens (tertiary/aromatic N) is 5. The van der Waals surface area contributed by atoms with Crippen LogP contribution in [0.15, 0.2) is 200 Å². The zero-order valence-corrected chi connectivity index (χ0v) is 30.8. The van der Waals surface area contributed by atoms with Crippen LogP contribution in [0.4, 0.5) is 0 Å². The van der Waals surface area contributed by atoms with E-state index in [1.165, 1.54) is 21.8 Å². The van der Waals surface area contributed by atoms with Crippen LogP contribution in [-0.2, 0) is 0 Å². The van der Waals surface area contributed by atoms with Gasteiger partial charge in [0, 0.05) is 55.0 Å². The molecule has 0 aliphatic carbocycles. The lowest BCUT2D eigenvalue weighted by molar-refractivity contribution is 1.07. The van der Waals surface area contributed by atoms with E-state index in [1.54, 1.807) is 0 Å². The maximum absolute atomic E-state index is 5.53. The molecule has 3 heterocycles. The van der Waals surface area contributed by atoms with Gasteiger partial charge < -0.3 is 4.57 Å². The second kappa shape index (κ2) is 13.5. The molecule has 11 aromatic rings. The minimum Gasteiger partial charge on any atom is -0.309 e. The van der Waals surface area contributed by atoms with Crippen LogP contribution < -0.4 is 0 Å². The fraction of sp³-hybridized carbons (Fsp3) is 0. The molecular formula is C52H33N5. The summed E-state index contributed by atoms with van der Waals surface area (Å²) in [6, 6.07) is 69.8. The SMILES string of the molecule is c1ccc(-c2nc(-c3ccccc3)nc(-c3ccc(-c4cccc5c4nc(-c4ccccc4)c4cc6c7ccccc7n(-c7ccccc7)c6cc45)cc3)n2)cc1. The second-order valence-electron chi connectivity index (χ2n) is 14.2. The molecule has 266 valence electrons. The Balaban J connectivity index is 1.11. The van der Waals surface area contributed by atoms with Crippen LogP contribution in [0.25, 0.3) is 106 Å². The number of aromatic nitrogens is 5. The van der Waals surface area contributed by atoms with E-state index >= 15 is 0 Å². The van der Waals surface area contributed by atoms with Gasteiger partial charge in [0.05, 0.1) is 22.2 Å². The first kappa shape index (κ1) is 32.7. The number of hydrogen-bond donors (Lipinski definition) is 0. The van der Waals surface area contributed by atoms with E-state index in [9.17, 15) is 0 Å². The summed E-state index contributed by atoms with van der Waals surface area (Å²) in [5.74, 6) is 1.91. The second-order valence-corrected chi connectivity index (χ2v) is 14.2. The third-order valence-corrected chi connectivity index (χ3v) is 10.8. The Kier molecular flexibility index (Phi) is 7.74. The van der Waals surface area contributed by atoms with Gasteiger partial charge in [0.15, 0.2) is 17.5 Å². The summed E-state index contributed by atoms with van der Waals surface area (Å²) in [6.07, 6.45) is 0. The number of benzene rings is 8. The Morgan fingerprint density at radius 1 is 0.298 bits per heavy atom. The maximum atomic E-state index is 5.53. The van der Waals surface area contributed by atoms with Crippen molar-refractivity contribution < 1.29 is 0 Å². The first-order chi connectivity index (χ1) is 28.3. The highest BCUT2D eigenvalue weighted by atomic mass is 15.0. The molecule has 3 aromatic heterocycles. The molecule has 0 amide bonds. The zero-order chi connectivity index (χ0) is 37.7. The van der Waals surface area contributed by atoms with Crippen molar-refractivity contribution >= 4 is 43.5 Å². The smallest absolute Gasteiger partial charge is 0.164 e. The van der Waals surface area contributed by atoms with E-state index in [-0.39, 0.29) is 0 Å². The summed E-state index contributed by atoms with van der Waals surface area (Å²) in [6.45, 7) is 0. The van der Waals surface area contributed by atoms with Gasteiger partial charge in [0.1, 0.15) is 0 Å². The minimum absolute atomic E-state index is 0.625. The largest absolute Gasteiger partial charge is 0.309 e. The number of hydrogen-bond acceptors (Lipinski definition) is 4. The number of fused-ring (bicyclic) bond motifs is 6. The molecule has 0 radical (unpaired) electrons. The molecule has 0 fully saturated rings. The highest BCUT2D eigenvalue weighted by Crippen LogP contribution is 2.42. The highest BCUT2D eigenvalue weighted by molar-refractivity contribution is 6.21. The summed E-state index contributed by atoms with van der Waals surface area (Å²) in [5.41, 5.74) is 11.4. The van der Waals surface area contributed by atoms with Gasteiger partial charge in [-0.2, -0.15) is 0 Å². The first-order valence-corrected chi connectivity index (χ1v) is 19.1. The van der Waals surface area contributed by atoms with Crippen LogP contribution in [0.2, 0.25) is 0 Å². The van der Waals surface area contributed by atoms with Crippen LogP contribution in [0.3, 0.4) is 0 Å². The quantitative estimate of drug-likeness (QED) is 0.160. The molecule has 11 rings (SSSR count). The van der Waals surface area contributed by atoms with Crippen molar-refractivity contribution in [3.8, 4) is 62.2 Å². The Bertz CT molecular complexity index is 3190. The third kappa shape index (κ3) is 5.64. The van der Waals surface area contributed by atoms with Crippen LogP contribution >= 0.6 is 0 Å². The van der Waals surface area contributed by atoms with Crippen molar-refractivity contribution in [3.63, 3.8) is 0 Å². The Morgan fingerprint density at radius 3 is 1.44 bits per heavy atom. The normalized spacial score (nSPS) is 11.5. The van der Waals surface area contributed by atoms with Crippen molar-refractivity contribution in [1.29, 1.82) is 0 Å². The summed E-state index contributed by atoms with van der Waals surface area (Å²) < 4.78 is 2.38. The van der Waals surface area contributed by atoms with E-state index in [1.807, 2.05) is 60.7 Å². The standard InChI is InChI=1S/C52H33N5/c1-5-16-35(17-6-1)48-45-32-44-41-24-13-14-27-46(41)57(39-22-11-4-12-23-39)47(44)33-43(45)42-26-15-25-40(49(42)53-48)34-28-30-38(31-29-34)52-55-50(36-18-7-2-8-19-36)54-51(56-52)37-20-9-3-10-21-37/h1-33H. The molecule has 0 aliphatic heterocycles. The van der Waals surface area contributed by atoms with Gasteiger partial charge >= 0.3 is 0 Å². The van der Waals surface area contributed by atoms with Gasteiger partial charge in [0.2, 0.25) is 0 Å². The summed E-state index contributed by atoms with van der Waals surface area (Å²) in [4.78, 5) is 20.3. The molecule has 0 aliphatic rings. The average Bonchev–Trinajstić information content (AvgIpc) is 3.62. The Labute approximate surface area is 329 Å². The molecule has 0 unspecified atom stereocenters. The van der Waals surface area contributed by atoms with E-state index in [2.05, 4.69) is 144 Å². The van der Waals surface area contributed by atoms with Crippen LogP contribution in [-0.4, -0.2) is 24.5 Å². The number of rotatable bonds is 6. The molecule has 8 aromatic carbocycles. The monoisotopic (exact) mass is 727 g/mol.